The van der Waals surface area contributed by atoms with E-state index in [1.165, 1.54) is 12.3 Å². The summed E-state index contributed by atoms with van der Waals surface area (Å²) in [5, 5.41) is 2.72. The van der Waals surface area contributed by atoms with Gasteiger partial charge in [-0.1, -0.05) is 37.3 Å². The quantitative estimate of drug-likeness (QED) is 0.857. The summed E-state index contributed by atoms with van der Waals surface area (Å²) in [4.78, 5) is 15.3. The van der Waals surface area contributed by atoms with Crippen LogP contribution in [-0.4, -0.2) is 17.4 Å². The van der Waals surface area contributed by atoms with Crippen molar-refractivity contribution in [3.8, 4) is 0 Å². The maximum absolute atomic E-state index is 13.3. The zero-order valence-corrected chi connectivity index (χ0v) is 10.6. The molecular formula is C15H15FN2O. The van der Waals surface area contributed by atoms with Crippen LogP contribution in [0, 0.1) is 5.95 Å². The summed E-state index contributed by atoms with van der Waals surface area (Å²) in [5.41, 5.74) is 1.11. The summed E-state index contributed by atoms with van der Waals surface area (Å²) in [6.07, 6.45) is 1.32. The summed E-state index contributed by atoms with van der Waals surface area (Å²) in [6, 6.07) is 12.8. The number of halogens is 1. The Kier molecular flexibility index (Phi) is 4.23. The Morgan fingerprint density at radius 2 is 2.00 bits per heavy atom. The Bertz CT molecular complexity index is 557. The molecule has 0 aliphatic heterocycles. The molecule has 1 atom stereocenters. The molecule has 0 aliphatic rings. The third kappa shape index (κ3) is 3.37. The van der Waals surface area contributed by atoms with Crippen molar-refractivity contribution < 1.29 is 9.18 Å². The standard InChI is InChI=1S/C15H15FN2O/c1-11(12-6-3-2-4-7-12)10-18-15(19)13-8-5-9-17-14(13)16/h2-9,11H,10H2,1H3,(H,18,19). The zero-order valence-electron chi connectivity index (χ0n) is 10.6. The summed E-state index contributed by atoms with van der Waals surface area (Å²) in [6.45, 7) is 2.46. The van der Waals surface area contributed by atoms with Gasteiger partial charge in [-0.15, -0.1) is 0 Å². The molecule has 2 rings (SSSR count). The lowest BCUT2D eigenvalue weighted by Gasteiger charge is -2.13. The Morgan fingerprint density at radius 3 is 2.68 bits per heavy atom. The van der Waals surface area contributed by atoms with Gasteiger partial charge in [0.2, 0.25) is 5.95 Å². The Labute approximate surface area is 111 Å². The van der Waals surface area contributed by atoms with Gasteiger partial charge in [0.1, 0.15) is 0 Å². The number of nitrogens with one attached hydrogen (secondary N) is 1. The van der Waals surface area contributed by atoms with Crippen LogP contribution in [0.15, 0.2) is 48.7 Å². The fraction of sp³-hybridized carbons (Fsp3) is 0.200. The van der Waals surface area contributed by atoms with Crippen molar-refractivity contribution in [2.75, 3.05) is 6.54 Å². The van der Waals surface area contributed by atoms with Gasteiger partial charge in [0.25, 0.3) is 5.91 Å². The molecule has 0 spiro atoms. The summed E-state index contributed by atoms with van der Waals surface area (Å²) < 4.78 is 13.3. The van der Waals surface area contributed by atoms with Crippen molar-refractivity contribution >= 4 is 5.91 Å². The average Bonchev–Trinajstić information content (AvgIpc) is 2.46. The first-order valence-corrected chi connectivity index (χ1v) is 6.12. The molecule has 4 heteroatoms. The van der Waals surface area contributed by atoms with Crippen molar-refractivity contribution in [2.45, 2.75) is 12.8 Å². The Morgan fingerprint density at radius 1 is 1.26 bits per heavy atom. The predicted octanol–water partition coefficient (Wildman–Crippen LogP) is 2.75. The first kappa shape index (κ1) is 13.2. The average molecular weight is 258 g/mol. The molecule has 98 valence electrons. The number of hydrogen-bond donors (Lipinski definition) is 1. The van der Waals surface area contributed by atoms with Crippen LogP contribution >= 0.6 is 0 Å². The van der Waals surface area contributed by atoms with Crippen LogP contribution < -0.4 is 5.32 Å². The number of amides is 1. The van der Waals surface area contributed by atoms with E-state index in [1.54, 1.807) is 6.07 Å². The monoisotopic (exact) mass is 258 g/mol. The second-order valence-corrected chi connectivity index (χ2v) is 4.36. The minimum atomic E-state index is -0.743. The topological polar surface area (TPSA) is 42.0 Å². The van der Waals surface area contributed by atoms with E-state index in [2.05, 4.69) is 10.3 Å². The van der Waals surface area contributed by atoms with E-state index in [9.17, 15) is 9.18 Å². The highest BCUT2D eigenvalue weighted by Gasteiger charge is 2.13. The van der Waals surface area contributed by atoms with Gasteiger partial charge in [-0.25, -0.2) is 4.98 Å². The molecule has 1 N–H and O–H groups in total. The van der Waals surface area contributed by atoms with Crippen LogP contribution in [0.5, 0.6) is 0 Å². The van der Waals surface area contributed by atoms with Crippen LogP contribution in [0.2, 0.25) is 0 Å². The fourth-order valence-corrected chi connectivity index (χ4v) is 1.80. The van der Waals surface area contributed by atoms with E-state index in [0.717, 1.165) is 5.56 Å². The minimum Gasteiger partial charge on any atom is -0.351 e. The molecule has 1 aromatic heterocycles. The van der Waals surface area contributed by atoms with Crippen molar-refractivity contribution in [3.05, 3.63) is 65.7 Å². The van der Waals surface area contributed by atoms with E-state index < -0.39 is 11.9 Å². The zero-order chi connectivity index (χ0) is 13.7. The van der Waals surface area contributed by atoms with Crippen LogP contribution in [0.3, 0.4) is 0 Å². The van der Waals surface area contributed by atoms with E-state index in [-0.39, 0.29) is 11.5 Å². The number of hydrogen-bond acceptors (Lipinski definition) is 2. The lowest BCUT2D eigenvalue weighted by molar-refractivity contribution is 0.0946. The first-order valence-electron chi connectivity index (χ1n) is 6.12. The molecule has 1 aromatic carbocycles. The minimum absolute atomic E-state index is 0.0252. The van der Waals surface area contributed by atoms with Gasteiger partial charge in [0.05, 0.1) is 5.56 Å². The van der Waals surface area contributed by atoms with Gasteiger partial charge < -0.3 is 5.32 Å². The first-order chi connectivity index (χ1) is 9.18. The molecule has 0 bridgehead atoms. The molecule has 0 aliphatic carbocycles. The van der Waals surface area contributed by atoms with Gasteiger partial charge in [-0.05, 0) is 23.6 Å². The lowest BCUT2D eigenvalue weighted by atomic mass is 10.0. The number of pyridine rings is 1. The number of aromatic nitrogens is 1. The maximum Gasteiger partial charge on any atom is 0.255 e. The molecule has 19 heavy (non-hydrogen) atoms. The highest BCUT2D eigenvalue weighted by atomic mass is 19.1. The van der Waals surface area contributed by atoms with Crippen LogP contribution in [0.1, 0.15) is 28.8 Å². The number of rotatable bonds is 4. The second-order valence-electron chi connectivity index (χ2n) is 4.36. The van der Waals surface area contributed by atoms with Gasteiger partial charge in [-0.2, -0.15) is 4.39 Å². The summed E-state index contributed by atoms with van der Waals surface area (Å²) in [7, 11) is 0. The maximum atomic E-state index is 13.3. The van der Waals surface area contributed by atoms with Crippen molar-refractivity contribution in [1.29, 1.82) is 0 Å². The SMILES string of the molecule is CC(CNC(=O)c1cccnc1F)c1ccccc1. The molecule has 0 radical (unpaired) electrons. The van der Waals surface area contributed by atoms with Crippen LogP contribution in [0.4, 0.5) is 4.39 Å². The largest absolute Gasteiger partial charge is 0.351 e. The number of carbonyl (C=O) groups excluding carboxylic acids is 1. The highest BCUT2D eigenvalue weighted by Crippen LogP contribution is 2.13. The molecule has 1 heterocycles. The van der Waals surface area contributed by atoms with Crippen LogP contribution in [-0.2, 0) is 0 Å². The Hall–Kier alpha value is -2.23. The van der Waals surface area contributed by atoms with E-state index in [1.807, 2.05) is 37.3 Å². The van der Waals surface area contributed by atoms with Gasteiger partial charge in [-0.3, -0.25) is 4.79 Å². The summed E-state index contributed by atoms with van der Waals surface area (Å²) >= 11 is 0. The molecule has 0 fully saturated rings. The Balaban J connectivity index is 1.96. The van der Waals surface area contributed by atoms with Gasteiger partial charge in [0, 0.05) is 12.7 Å². The van der Waals surface area contributed by atoms with E-state index >= 15 is 0 Å². The molecular weight excluding hydrogens is 243 g/mol. The summed E-state index contributed by atoms with van der Waals surface area (Å²) in [5.74, 6) is -1.01. The number of benzene rings is 1. The number of nitrogens with zero attached hydrogens (tertiary/aromatic N) is 1. The molecule has 1 unspecified atom stereocenters. The van der Waals surface area contributed by atoms with Crippen LogP contribution in [0.25, 0.3) is 0 Å². The third-order valence-corrected chi connectivity index (χ3v) is 2.94. The van der Waals surface area contributed by atoms with E-state index in [4.69, 9.17) is 0 Å². The number of carbonyl (C=O) groups is 1. The normalized spacial score (nSPS) is 11.9. The molecule has 0 saturated heterocycles. The highest BCUT2D eigenvalue weighted by molar-refractivity contribution is 5.94. The lowest BCUT2D eigenvalue weighted by Crippen LogP contribution is -2.28. The molecule has 1 amide bonds. The molecule has 3 nitrogen and oxygen atoms in total. The second kappa shape index (κ2) is 6.09. The predicted molar refractivity (Wildman–Crippen MR) is 71.4 cm³/mol. The van der Waals surface area contributed by atoms with Gasteiger partial charge in [0.15, 0.2) is 0 Å². The van der Waals surface area contributed by atoms with Crippen molar-refractivity contribution in [2.24, 2.45) is 0 Å². The van der Waals surface area contributed by atoms with E-state index in [0.29, 0.717) is 6.54 Å². The molecule has 2 aromatic rings. The van der Waals surface area contributed by atoms with Crippen molar-refractivity contribution in [1.82, 2.24) is 10.3 Å². The van der Waals surface area contributed by atoms with Gasteiger partial charge >= 0.3 is 0 Å². The fourth-order valence-electron chi connectivity index (χ4n) is 1.80. The van der Waals surface area contributed by atoms with Crippen molar-refractivity contribution in [3.63, 3.8) is 0 Å². The smallest absolute Gasteiger partial charge is 0.255 e. The third-order valence-electron chi connectivity index (χ3n) is 2.94. The molecule has 0 saturated carbocycles.